The number of aromatic nitrogens is 4. The van der Waals surface area contributed by atoms with Gasteiger partial charge in [-0.2, -0.15) is 13.2 Å². The van der Waals surface area contributed by atoms with Crippen LogP contribution in [0.15, 0.2) is 36.9 Å². The number of amides is 1. The molecule has 0 radical (unpaired) electrons. The molecule has 2 aliphatic rings. The molecule has 1 saturated heterocycles. The number of piperidine rings is 1. The smallest absolute Gasteiger partial charge is 0.391 e. The molecule has 192 valence electrons. The minimum Gasteiger partial charge on any atom is -0.391 e. The zero-order valence-corrected chi connectivity index (χ0v) is 19.6. The molecule has 1 saturated carbocycles. The van der Waals surface area contributed by atoms with E-state index in [4.69, 9.17) is 5.73 Å². The molecule has 1 amide bonds. The lowest BCUT2D eigenvalue weighted by Gasteiger charge is -2.35. The number of benzene rings is 1. The molecule has 1 aliphatic carbocycles. The fourth-order valence-electron chi connectivity index (χ4n) is 4.85. The number of nitrogens with two attached hydrogens (primary N) is 1. The van der Waals surface area contributed by atoms with Crippen molar-refractivity contribution in [1.29, 1.82) is 0 Å². The zero-order valence-electron chi connectivity index (χ0n) is 19.6. The Morgan fingerprint density at radius 3 is 2.53 bits per heavy atom. The second kappa shape index (κ2) is 9.66. The Morgan fingerprint density at radius 1 is 1.14 bits per heavy atom. The first-order chi connectivity index (χ1) is 17.2. The van der Waals surface area contributed by atoms with Crippen LogP contribution in [0.2, 0.25) is 0 Å². The maximum absolute atomic E-state index is 12.9. The number of nitrogens with zero attached hydrogens (tertiary/aromatic N) is 6. The van der Waals surface area contributed by atoms with Gasteiger partial charge in [-0.3, -0.25) is 9.69 Å². The first-order valence-electron chi connectivity index (χ1n) is 12.0. The molecule has 12 heteroatoms. The summed E-state index contributed by atoms with van der Waals surface area (Å²) in [6.45, 7) is 2.10. The standard InChI is InChI=1S/C24H28F3N7O2/c25-24(26,27)17-3-1-15(2-4-17)9-34(18-5-6-18)23-21-22(29-13-30-23)33(14-31-21)10-16-7-8-32(11-19(16)35)12-20(28)36/h1-4,13-14,16,18-19,35H,5-12H2,(H2,28,36)/t16?,19-/m0/s1. The van der Waals surface area contributed by atoms with E-state index in [0.29, 0.717) is 49.6 Å². The molecule has 0 bridgehead atoms. The topological polar surface area (TPSA) is 113 Å². The highest BCUT2D eigenvalue weighted by atomic mass is 19.4. The third kappa shape index (κ3) is 5.29. The summed E-state index contributed by atoms with van der Waals surface area (Å²) < 4.78 is 40.8. The summed E-state index contributed by atoms with van der Waals surface area (Å²) in [6, 6.07) is 5.45. The lowest BCUT2D eigenvalue weighted by atomic mass is 9.93. The molecule has 2 aromatic heterocycles. The Labute approximate surface area is 205 Å². The third-order valence-corrected chi connectivity index (χ3v) is 6.89. The summed E-state index contributed by atoms with van der Waals surface area (Å²) in [5.41, 5.74) is 6.62. The number of carbonyl (C=O) groups is 1. The van der Waals surface area contributed by atoms with E-state index < -0.39 is 23.8 Å². The summed E-state index contributed by atoms with van der Waals surface area (Å²) in [4.78, 5) is 28.6. The molecule has 3 N–H and O–H groups in total. The second-order valence-electron chi connectivity index (χ2n) is 9.64. The summed E-state index contributed by atoms with van der Waals surface area (Å²) in [7, 11) is 0. The molecular weight excluding hydrogens is 475 g/mol. The first kappa shape index (κ1) is 24.4. The van der Waals surface area contributed by atoms with E-state index in [0.717, 1.165) is 30.5 Å². The van der Waals surface area contributed by atoms with Crippen molar-refractivity contribution >= 4 is 22.9 Å². The highest BCUT2D eigenvalue weighted by Gasteiger charge is 2.34. The van der Waals surface area contributed by atoms with Crippen LogP contribution in [0.1, 0.15) is 30.4 Å². The van der Waals surface area contributed by atoms with Gasteiger partial charge in [0.25, 0.3) is 0 Å². The van der Waals surface area contributed by atoms with E-state index in [1.54, 1.807) is 6.33 Å². The summed E-state index contributed by atoms with van der Waals surface area (Å²) in [5.74, 6) is 0.205. The predicted octanol–water partition coefficient (Wildman–Crippen LogP) is 2.18. The quantitative estimate of drug-likeness (QED) is 0.485. The van der Waals surface area contributed by atoms with Gasteiger partial charge < -0.3 is 20.3 Å². The summed E-state index contributed by atoms with van der Waals surface area (Å²) in [5, 5.41) is 10.6. The Bertz CT molecular complexity index is 1230. The average molecular weight is 504 g/mol. The van der Waals surface area contributed by atoms with Gasteiger partial charge in [0.15, 0.2) is 17.0 Å². The van der Waals surface area contributed by atoms with Crippen molar-refractivity contribution in [2.45, 2.75) is 50.7 Å². The fourth-order valence-corrected chi connectivity index (χ4v) is 4.85. The van der Waals surface area contributed by atoms with Gasteiger partial charge in [0.2, 0.25) is 5.91 Å². The van der Waals surface area contributed by atoms with Crippen molar-refractivity contribution in [2.24, 2.45) is 11.7 Å². The van der Waals surface area contributed by atoms with E-state index in [1.807, 2.05) is 9.47 Å². The number of hydrogen-bond acceptors (Lipinski definition) is 7. The van der Waals surface area contributed by atoms with Gasteiger partial charge in [-0.1, -0.05) is 12.1 Å². The SMILES string of the molecule is NC(=O)CN1CCC(Cn2cnc3c(N(Cc4ccc(C(F)(F)F)cc4)C4CC4)ncnc32)[C@@H](O)C1. The molecule has 2 fully saturated rings. The summed E-state index contributed by atoms with van der Waals surface area (Å²) in [6.07, 6.45) is 0.838. The van der Waals surface area contributed by atoms with Crippen molar-refractivity contribution in [3.63, 3.8) is 0 Å². The lowest BCUT2D eigenvalue weighted by Crippen LogP contribution is -2.47. The molecule has 1 unspecified atom stereocenters. The molecular formula is C24H28F3N7O2. The van der Waals surface area contributed by atoms with Crippen LogP contribution in [0.5, 0.6) is 0 Å². The minimum atomic E-state index is -4.37. The molecule has 0 spiro atoms. The lowest BCUT2D eigenvalue weighted by molar-refractivity contribution is -0.137. The molecule has 3 aromatic rings. The van der Waals surface area contributed by atoms with E-state index in [-0.39, 0.29) is 18.5 Å². The average Bonchev–Trinajstić information content (AvgIpc) is 3.59. The molecule has 1 aliphatic heterocycles. The Hall–Kier alpha value is -3.25. The number of halogens is 3. The van der Waals surface area contributed by atoms with Crippen LogP contribution in [0.25, 0.3) is 11.2 Å². The van der Waals surface area contributed by atoms with E-state index >= 15 is 0 Å². The van der Waals surface area contributed by atoms with Crippen LogP contribution >= 0.6 is 0 Å². The third-order valence-electron chi connectivity index (χ3n) is 6.89. The van der Waals surface area contributed by atoms with Gasteiger partial charge in [-0.15, -0.1) is 0 Å². The van der Waals surface area contributed by atoms with Crippen LogP contribution < -0.4 is 10.6 Å². The van der Waals surface area contributed by atoms with Gasteiger partial charge in [-0.25, -0.2) is 15.0 Å². The van der Waals surface area contributed by atoms with Crippen LogP contribution in [0.4, 0.5) is 19.0 Å². The first-order valence-corrected chi connectivity index (χ1v) is 12.0. The number of fused-ring (bicyclic) bond motifs is 1. The molecule has 1 aromatic carbocycles. The fraction of sp³-hybridized carbons (Fsp3) is 0.500. The van der Waals surface area contributed by atoms with Crippen molar-refractivity contribution in [3.05, 3.63) is 48.0 Å². The maximum Gasteiger partial charge on any atom is 0.416 e. The minimum absolute atomic E-state index is 0.0309. The predicted molar refractivity (Wildman–Crippen MR) is 126 cm³/mol. The van der Waals surface area contributed by atoms with E-state index in [1.165, 1.54) is 18.5 Å². The van der Waals surface area contributed by atoms with Crippen molar-refractivity contribution in [3.8, 4) is 0 Å². The number of carbonyl (C=O) groups excluding carboxylic acids is 1. The van der Waals surface area contributed by atoms with Gasteiger partial charge in [-0.05, 0) is 43.5 Å². The number of aliphatic hydroxyl groups is 1. The Kier molecular flexibility index (Phi) is 6.56. The van der Waals surface area contributed by atoms with Crippen LogP contribution in [-0.4, -0.2) is 67.2 Å². The van der Waals surface area contributed by atoms with Gasteiger partial charge >= 0.3 is 6.18 Å². The van der Waals surface area contributed by atoms with E-state index in [9.17, 15) is 23.1 Å². The Morgan fingerprint density at radius 2 is 1.89 bits per heavy atom. The van der Waals surface area contributed by atoms with Crippen molar-refractivity contribution < 1.29 is 23.1 Å². The number of anilines is 1. The Balaban J connectivity index is 1.34. The maximum atomic E-state index is 12.9. The number of imidazole rings is 1. The number of hydrogen-bond donors (Lipinski definition) is 2. The van der Waals surface area contributed by atoms with Crippen molar-refractivity contribution in [2.75, 3.05) is 24.5 Å². The van der Waals surface area contributed by atoms with Crippen molar-refractivity contribution in [1.82, 2.24) is 24.4 Å². The molecule has 5 rings (SSSR count). The number of rotatable bonds is 8. The van der Waals surface area contributed by atoms with Gasteiger partial charge in [0.05, 0.1) is 24.5 Å². The normalized spacial score (nSPS) is 21.1. The number of aliphatic hydroxyl groups excluding tert-OH is 1. The van der Waals surface area contributed by atoms with Crippen LogP contribution in [0.3, 0.4) is 0 Å². The summed E-state index contributed by atoms with van der Waals surface area (Å²) >= 11 is 0. The monoisotopic (exact) mass is 503 g/mol. The second-order valence-corrected chi connectivity index (χ2v) is 9.64. The molecule has 9 nitrogen and oxygen atoms in total. The largest absolute Gasteiger partial charge is 0.416 e. The highest BCUT2D eigenvalue weighted by molar-refractivity contribution is 5.83. The number of β-amino-alcohol motifs (C(OH)–C–C–N with tert-alkyl or cyclic N) is 1. The number of likely N-dealkylation sites (tertiary alicyclic amines) is 1. The molecule has 3 heterocycles. The van der Waals surface area contributed by atoms with Gasteiger partial charge in [0.1, 0.15) is 6.33 Å². The van der Waals surface area contributed by atoms with Gasteiger partial charge in [0, 0.05) is 31.6 Å². The van der Waals surface area contributed by atoms with Crippen LogP contribution in [0, 0.1) is 5.92 Å². The zero-order chi connectivity index (χ0) is 25.4. The highest BCUT2D eigenvalue weighted by Crippen LogP contribution is 2.36. The number of alkyl halides is 3. The van der Waals surface area contributed by atoms with E-state index in [2.05, 4.69) is 19.9 Å². The van der Waals surface area contributed by atoms with Crippen LogP contribution in [-0.2, 0) is 24.1 Å². The number of primary amides is 1. The molecule has 2 atom stereocenters. The molecule has 36 heavy (non-hydrogen) atoms.